The first-order valence-electron chi connectivity index (χ1n) is 5.85. The van der Waals surface area contributed by atoms with Crippen molar-refractivity contribution in [1.82, 2.24) is 4.98 Å². The molecule has 0 saturated heterocycles. The van der Waals surface area contributed by atoms with Crippen molar-refractivity contribution in [3.63, 3.8) is 0 Å². The Morgan fingerprint density at radius 1 is 1.31 bits per heavy atom. The van der Waals surface area contributed by atoms with Gasteiger partial charge in [-0.2, -0.15) is 0 Å². The SMILES string of the molecule is CC1(c2nc3c(N)cccc3o2)CCCC1. The molecule has 1 heterocycles. The predicted molar refractivity (Wildman–Crippen MR) is 64.2 cm³/mol. The van der Waals surface area contributed by atoms with Gasteiger partial charge in [-0.15, -0.1) is 0 Å². The fourth-order valence-corrected chi connectivity index (χ4v) is 2.60. The molecule has 1 aliphatic rings. The van der Waals surface area contributed by atoms with E-state index in [2.05, 4.69) is 11.9 Å². The summed E-state index contributed by atoms with van der Waals surface area (Å²) in [6.07, 6.45) is 4.87. The van der Waals surface area contributed by atoms with Gasteiger partial charge in [-0.05, 0) is 25.0 Å². The van der Waals surface area contributed by atoms with E-state index >= 15 is 0 Å². The van der Waals surface area contributed by atoms with Crippen LogP contribution in [-0.4, -0.2) is 4.98 Å². The van der Waals surface area contributed by atoms with Crippen LogP contribution in [0.25, 0.3) is 11.1 Å². The molecule has 0 unspecified atom stereocenters. The van der Waals surface area contributed by atoms with Crippen molar-refractivity contribution in [2.45, 2.75) is 38.0 Å². The third kappa shape index (κ3) is 1.31. The molecule has 1 aromatic carbocycles. The van der Waals surface area contributed by atoms with Gasteiger partial charge in [-0.1, -0.05) is 25.8 Å². The number of hydrogen-bond acceptors (Lipinski definition) is 3. The van der Waals surface area contributed by atoms with Crippen molar-refractivity contribution in [2.75, 3.05) is 5.73 Å². The summed E-state index contributed by atoms with van der Waals surface area (Å²) in [4.78, 5) is 4.57. The van der Waals surface area contributed by atoms with Gasteiger partial charge in [-0.3, -0.25) is 0 Å². The lowest BCUT2D eigenvalue weighted by molar-refractivity contribution is 0.364. The number of hydrogen-bond donors (Lipinski definition) is 1. The molecule has 0 amide bonds. The van der Waals surface area contributed by atoms with Crippen LogP contribution in [-0.2, 0) is 5.41 Å². The van der Waals surface area contributed by atoms with Gasteiger partial charge in [0.25, 0.3) is 0 Å². The number of nitrogens with zero attached hydrogens (tertiary/aromatic N) is 1. The van der Waals surface area contributed by atoms with Crippen LogP contribution in [0, 0.1) is 0 Å². The standard InChI is InChI=1S/C13H16N2O/c1-13(7-2-3-8-13)12-15-11-9(14)5-4-6-10(11)16-12/h4-6H,2-3,7-8,14H2,1H3. The van der Waals surface area contributed by atoms with E-state index in [-0.39, 0.29) is 5.41 Å². The second kappa shape index (κ2) is 3.24. The highest BCUT2D eigenvalue weighted by Crippen LogP contribution is 2.41. The molecule has 1 aliphatic carbocycles. The Morgan fingerprint density at radius 3 is 2.75 bits per heavy atom. The Labute approximate surface area is 94.7 Å². The number of aromatic nitrogens is 1. The summed E-state index contributed by atoms with van der Waals surface area (Å²) in [6.45, 7) is 2.24. The molecule has 1 aromatic heterocycles. The normalized spacial score (nSPS) is 19.3. The molecule has 2 aromatic rings. The lowest BCUT2D eigenvalue weighted by Gasteiger charge is -2.17. The van der Waals surface area contributed by atoms with Crippen molar-refractivity contribution in [1.29, 1.82) is 0 Å². The Hall–Kier alpha value is -1.51. The monoisotopic (exact) mass is 216 g/mol. The first-order chi connectivity index (χ1) is 7.69. The molecule has 3 nitrogen and oxygen atoms in total. The summed E-state index contributed by atoms with van der Waals surface area (Å²) in [7, 11) is 0. The predicted octanol–water partition coefficient (Wildman–Crippen LogP) is 3.24. The Kier molecular flexibility index (Phi) is 1.96. The van der Waals surface area contributed by atoms with Crippen LogP contribution in [0.1, 0.15) is 38.5 Å². The van der Waals surface area contributed by atoms with Crippen LogP contribution in [0.3, 0.4) is 0 Å². The summed E-state index contributed by atoms with van der Waals surface area (Å²) >= 11 is 0. The maximum absolute atomic E-state index is 5.89. The van der Waals surface area contributed by atoms with E-state index in [1.54, 1.807) is 0 Å². The van der Waals surface area contributed by atoms with E-state index in [0.717, 1.165) is 17.0 Å². The van der Waals surface area contributed by atoms with E-state index in [4.69, 9.17) is 10.2 Å². The Bertz CT molecular complexity index is 524. The summed E-state index contributed by atoms with van der Waals surface area (Å²) in [5, 5.41) is 0. The van der Waals surface area contributed by atoms with Gasteiger partial charge in [-0.25, -0.2) is 4.98 Å². The first kappa shape index (κ1) is 9.70. The number of anilines is 1. The van der Waals surface area contributed by atoms with E-state index in [0.29, 0.717) is 5.69 Å². The van der Waals surface area contributed by atoms with Crippen molar-refractivity contribution < 1.29 is 4.42 Å². The zero-order valence-corrected chi connectivity index (χ0v) is 9.49. The maximum Gasteiger partial charge on any atom is 0.201 e. The Balaban J connectivity index is 2.15. The molecular weight excluding hydrogens is 200 g/mol. The average Bonchev–Trinajstić information content (AvgIpc) is 2.85. The highest BCUT2D eigenvalue weighted by atomic mass is 16.3. The zero-order valence-electron chi connectivity index (χ0n) is 9.49. The molecule has 0 spiro atoms. The van der Waals surface area contributed by atoms with E-state index in [1.807, 2.05) is 18.2 Å². The Morgan fingerprint density at radius 2 is 2.06 bits per heavy atom. The highest BCUT2D eigenvalue weighted by molar-refractivity contribution is 5.85. The zero-order chi connectivity index (χ0) is 11.2. The first-order valence-corrected chi connectivity index (χ1v) is 5.85. The summed E-state index contributed by atoms with van der Waals surface area (Å²) in [5.41, 5.74) is 8.33. The summed E-state index contributed by atoms with van der Waals surface area (Å²) in [6, 6.07) is 5.70. The topological polar surface area (TPSA) is 52.0 Å². The fourth-order valence-electron chi connectivity index (χ4n) is 2.60. The molecule has 2 N–H and O–H groups in total. The molecule has 0 bridgehead atoms. The van der Waals surface area contributed by atoms with E-state index in [9.17, 15) is 0 Å². The molecule has 3 rings (SSSR count). The smallest absolute Gasteiger partial charge is 0.201 e. The minimum absolute atomic E-state index is 0.117. The molecule has 0 aliphatic heterocycles. The minimum Gasteiger partial charge on any atom is -0.440 e. The molecular formula is C13H16N2O. The molecule has 0 radical (unpaired) electrons. The number of nitrogen functional groups attached to an aromatic ring is 1. The molecule has 3 heteroatoms. The van der Waals surface area contributed by atoms with Crippen LogP contribution >= 0.6 is 0 Å². The lowest BCUT2D eigenvalue weighted by atomic mass is 9.89. The molecule has 84 valence electrons. The van der Waals surface area contributed by atoms with Crippen LogP contribution in [0.2, 0.25) is 0 Å². The van der Waals surface area contributed by atoms with E-state index < -0.39 is 0 Å². The third-order valence-electron chi connectivity index (χ3n) is 3.67. The largest absolute Gasteiger partial charge is 0.440 e. The van der Waals surface area contributed by atoms with Gasteiger partial charge in [0.1, 0.15) is 5.52 Å². The molecule has 1 saturated carbocycles. The second-order valence-electron chi connectivity index (χ2n) is 4.98. The number of para-hydroxylation sites is 1. The van der Waals surface area contributed by atoms with Crippen molar-refractivity contribution in [2.24, 2.45) is 0 Å². The van der Waals surface area contributed by atoms with Crippen LogP contribution < -0.4 is 5.73 Å². The second-order valence-corrected chi connectivity index (χ2v) is 4.98. The third-order valence-corrected chi connectivity index (χ3v) is 3.67. The van der Waals surface area contributed by atoms with E-state index in [1.165, 1.54) is 25.7 Å². The van der Waals surface area contributed by atoms with Gasteiger partial charge in [0.05, 0.1) is 5.69 Å². The quantitative estimate of drug-likeness (QED) is 0.744. The molecule has 16 heavy (non-hydrogen) atoms. The number of fused-ring (bicyclic) bond motifs is 1. The highest BCUT2D eigenvalue weighted by Gasteiger charge is 2.35. The minimum atomic E-state index is 0.117. The van der Waals surface area contributed by atoms with Gasteiger partial charge in [0.2, 0.25) is 5.89 Å². The maximum atomic E-state index is 5.89. The number of nitrogens with two attached hydrogens (primary N) is 1. The van der Waals surface area contributed by atoms with Crippen molar-refractivity contribution in [3.05, 3.63) is 24.1 Å². The van der Waals surface area contributed by atoms with Crippen LogP contribution in [0.15, 0.2) is 22.6 Å². The molecule has 0 atom stereocenters. The van der Waals surface area contributed by atoms with Crippen molar-refractivity contribution >= 4 is 16.8 Å². The average molecular weight is 216 g/mol. The van der Waals surface area contributed by atoms with Gasteiger partial charge < -0.3 is 10.2 Å². The van der Waals surface area contributed by atoms with Crippen LogP contribution in [0.5, 0.6) is 0 Å². The molecule has 1 fully saturated rings. The van der Waals surface area contributed by atoms with Crippen molar-refractivity contribution in [3.8, 4) is 0 Å². The van der Waals surface area contributed by atoms with Gasteiger partial charge in [0, 0.05) is 5.41 Å². The lowest BCUT2D eigenvalue weighted by Crippen LogP contribution is -2.16. The number of benzene rings is 1. The number of oxazole rings is 1. The number of rotatable bonds is 1. The van der Waals surface area contributed by atoms with Gasteiger partial charge in [0.15, 0.2) is 5.58 Å². The van der Waals surface area contributed by atoms with Crippen LogP contribution in [0.4, 0.5) is 5.69 Å². The summed E-state index contributed by atoms with van der Waals surface area (Å²) in [5.74, 6) is 0.859. The summed E-state index contributed by atoms with van der Waals surface area (Å²) < 4.78 is 5.84. The fraction of sp³-hybridized carbons (Fsp3) is 0.462. The van der Waals surface area contributed by atoms with Gasteiger partial charge >= 0.3 is 0 Å².